The van der Waals surface area contributed by atoms with Crippen molar-refractivity contribution >= 4 is 54.8 Å². The fourth-order valence-corrected chi connectivity index (χ4v) is 3.93. The van der Waals surface area contributed by atoms with E-state index in [0.717, 1.165) is 20.2 Å². The second-order valence-corrected chi connectivity index (χ2v) is 7.63. The lowest BCUT2D eigenvalue weighted by Gasteiger charge is -2.17. The summed E-state index contributed by atoms with van der Waals surface area (Å²) in [5, 5.41) is 0.709. The highest BCUT2D eigenvalue weighted by Crippen LogP contribution is 2.31. The zero-order valence-corrected chi connectivity index (χ0v) is 14.0. The second kappa shape index (κ2) is 6.50. The summed E-state index contributed by atoms with van der Waals surface area (Å²) in [7, 11) is 0. The molecule has 2 aromatic rings. The van der Waals surface area contributed by atoms with Gasteiger partial charge in [-0.2, -0.15) is 0 Å². The minimum absolute atomic E-state index is 0.0311. The summed E-state index contributed by atoms with van der Waals surface area (Å²) in [5.74, 6) is 5.66. The highest BCUT2D eigenvalue weighted by molar-refractivity contribution is 9.11. The van der Waals surface area contributed by atoms with E-state index >= 15 is 0 Å². The van der Waals surface area contributed by atoms with Crippen LogP contribution in [0.25, 0.3) is 0 Å². The van der Waals surface area contributed by atoms with Crippen molar-refractivity contribution in [3.63, 3.8) is 0 Å². The molecule has 0 saturated carbocycles. The first-order chi connectivity index (χ1) is 8.60. The number of hydrazine groups is 1. The molecule has 0 aliphatic heterocycles. The van der Waals surface area contributed by atoms with Crippen LogP contribution in [0.15, 0.2) is 38.6 Å². The fraction of sp³-hybridized carbons (Fsp3) is 0.167. The number of nitrogens with two attached hydrogens (primary N) is 1. The topological polar surface area (TPSA) is 38.0 Å². The van der Waals surface area contributed by atoms with Crippen molar-refractivity contribution in [1.82, 2.24) is 5.43 Å². The second-order valence-electron chi connectivity index (χ2n) is 3.80. The minimum atomic E-state index is 0.0311. The third kappa shape index (κ3) is 3.56. The summed E-state index contributed by atoms with van der Waals surface area (Å²) in [4.78, 5) is 1.26. The Morgan fingerprint density at radius 2 is 2.06 bits per heavy atom. The summed E-state index contributed by atoms with van der Waals surface area (Å²) in [6, 6.07) is 9.89. The molecule has 1 unspecified atom stereocenters. The van der Waals surface area contributed by atoms with E-state index in [2.05, 4.69) is 43.4 Å². The molecular weight excluding hydrogens is 399 g/mol. The van der Waals surface area contributed by atoms with Gasteiger partial charge in [-0.25, -0.2) is 0 Å². The Bertz CT molecular complexity index is 545. The van der Waals surface area contributed by atoms with Gasteiger partial charge in [0.25, 0.3) is 0 Å². The first kappa shape index (κ1) is 14.5. The van der Waals surface area contributed by atoms with Crippen LogP contribution in [-0.4, -0.2) is 0 Å². The molecule has 96 valence electrons. The van der Waals surface area contributed by atoms with Crippen LogP contribution in [0.2, 0.25) is 5.02 Å². The lowest BCUT2D eigenvalue weighted by Crippen LogP contribution is -2.29. The number of halogens is 3. The van der Waals surface area contributed by atoms with Crippen LogP contribution in [0.3, 0.4) is 0 Å². The molecule has 0 bridgehead atoms. The number of benzene rings is 1. The van der Waals surface area contributed by atoms with E-state index in [9.17, 15) is 0 Å². The SMILES string of the molecule is NNC(Cc1ccc(Br)s1)c1cc(Cl)ccc1Br. The van der Waals surface area contributed by atoms with Crippen LogP contribution in [-0.2, 0) is 6.42 Å². The van der Waals surface area contributed by atoms with Gasteiger partial charge in [0.05, 0.1) is 9.83 Å². The zero-order chi connectivity index (χ0) is 13.1. The van der Waals surface area contributed by atoms with Crippen LogP contribution >= 0.6 is 54.8 Å². The summed E-state index contributed by atoms with van der Waals surface area (Å²) in [6.45, 7) is 0. The smallest absolute Gasteiger partial charge is 0.0701 e. The van der Waals surface area contributed by atoms with Crippen molar-refractivity contribution in [3.05, 3.63) is 54.1 Å². The molecule has 0 aliphatic carbocycles. The maximum absolute atomic E-state index is 6.03. The average molecular weight is 411 g/mol. The number of thiophene rings is 1. The van der Waals surface area contributed by atoms with Gasteiger partial charge in [0.15, 0.2) is 0 Å². The van der Waals surface area contributed by atoms with E-state index in [4.69, 9.17) is 17.4 Å². The first-order valence-electron chi connectivity index (χ1n) is 5.25. The monoisotopic (exact) mass is 408 g/mol. The van der Waals surface area contributed by atoms with Crippen LogP contribution in [0.1, 0.15) is 16.5 Å². The van der Waals surface area contributed by atoms with Gasteiger partial charge in [-0.15, -0.1) is 11.3 Å². The Balaban J connectivity index is 2.25. The van der Waals surface area contributed by atoms with Crippen molar-refractivity contribution in [2.75, 3.05) is 0 Å². The van der Waals surface area contributed by atoms with E-state index < -0.39 is 0 Å². The summed E-state index contributed by atoms with van der Waals surface area (Å²) in [5.41, 5.74) is 3.91. The van der Waals surface area contributed by atoms with Crippen molar-refractivity contribution in [1.29, 1.82) is 0 Å². The number of hydrogen-bond donors (Lipinski definition) is 2. The quantitative estimate of drug-likeness (QED) is 0.568. The molecule has 1 aromatic heterocycles. The molecule has 0 fully saturated rings. The molecule has 0 aliphatic rings. The molecule has 0 amide bonds. The van der Waals surface area contributed by atoms with Gasteiger partial charge >= 0.3 is 0 Å². The van der Waals surface area contributed by atoms with Crippen molar-refractivity contribution < 1.29 is 0 Å². The van der Waals surface area contributed by atoms with Gasteiger partial charge in [0.1, 0.15) is 0 Å². The molecule has 3 N–H and O–H groups in total. The minimum Gasteiger partial charge on any atom is -0.271 e. The van der Waals surface area contributed by atoms with Gasteiger partial charge in [-0.1, -0.05) is 27.5 Å². The van der Waals surface area contributed by atoms with Gasteiger partial charge in [-0.05, 0) is 51.8 Å². The van der Waals surface area contributed by atoms with Crippen LogP contribution < -0.4 is 11.3 Å². The fourth-order valence-electron chi connectivity index (χ4n) is 1.70. The highest BCUT2D eigenvalue weighted by Gasteiger charge is 2.15. The Morgan fingerprint density at radius 1 is 1.28 bits per heavy atom. The van der Waals surface area contributed by atoms with Gasteiger partial charge < -0.3 is 0 Å². The molecule has 6 heteroatoms. The molecule has 0 saturated heterocycles. The molecule has 18 heavy (non-hydrogen) atoms. The molecular formula is C12H11Br2ClN2S. The molecule has 1 heterocycles. The Morgan fingerprint density at radius 3 is 2.67 bits per heavy atom. The van der Waals surface area contributed by atoms with E-state index in [1.165, 1.54) is 4.88 Å². The summed E-state index contributed by atoms with van der Waals surface area (Å²) < 4.78 is 2.13. The zero-order valence-electron chi connectivity index (χ0n) is 9.29. The molecule has 0 spiro atoms. The maximum Gasteiger partial charge on any atom is 0.0701 e. The van der Waals surface area contributed by atoms with Gasteiger partial charge in [-0.3, -0.25) is 11.3 Å². The third-order valence-corrected chi connectivity index (χ3v) is 5.17. The van der Waals surface area contributed by atoms with Crippen LogP contribution in [0.4, 0.5) is 0 Å². The maximum atomic E-state index is 6.03. The lowest BCUT2D eigenvalue weighted by atomic mass is 10.0. The van der Waals surface area contributed by atoms with Gasteiger partial charge in [0.2, 0.25) is 0 Å². The van der Waals surface area contributed by atoms with Crippen LogP contribution in [0.5, 0.6) is 0 Å². The van der Waals surface area contributed by atoms with E-state index in [1.54, 1.807) is 11.3 Å². The number of hydrogen-bond acceptors (Lipinski definition) is 3. The third-order valence-electron chi connectivity index (χ3n) is 2.57. The summed E-state index contributed by atoms with van der Waals surface area (Å²) in [6.07, 6.45) is 0.825. The van der Waals surface area contributed by atoms with E-state index in [1.807, 2.05) is 24.3 Å². The van der Waals surface area contributed by atoms with Crippen molar-refractivity contribution in [2.24, 2.45) is 5.84 Å². The Kier molecular flexibility index (Phi) is 5.24. The largest absolute Gasteiger partial charge is 0.271 e. The predicted octanol–water partition coefficient (Wildman–Crippen LogP) is 4.67. The standard InChI is InChI=1S/C12H11Br2ClN2S/c13-10-3-1-7(15)5-9(10)11(17-16)6-8-2-4-12(14)18-8/h1-5,11,17H,6,16H2. The normalized spacial score (nSPS) is 12.7. The number of nitrogens with one attached hydrogen (secondary N) is 1. The molecule has 1 atom stereocenters. The van der Waals surface area contributed by atoms with E-state index in [0.29, 0.717) is 5.02 Å². The number of rotatable bonds is 4. The molecule has 2 nitrogen and oxygen atoms in total. The molecule has 0 radical (unpaired) electrons. The van der Waals surface area contributed by atoms with Gasteiger partial charge in [0, 0.05) is 20.8 Å². The molecule has 1 aromatic carbocycles. The Hall–Kier alpha value is 0.0900. The van der Waals surface area contributed by atoms with E-state index in [-0.39, 0.29) is 6.04 Å². The van der Waals surface area contributed by atoms with Crippen molar-refractivity contribution in [2.45, 2.75) is 12.5 Å². The lowest BCUT2D eigenvalue weighted by molar-refractivity contribution is 0.553. The first-order valence-corrected chi connectivity index (χ1v) is 8.03. The average Bonchev–Trinajstić information content (AvgIpc) is 2.75. The summed E-state index contributed by atoms with van der Waals surface area (Å²) >= 11 is 14.7. The van der Waals surface area contributed by atoms with Crippen LogP contribution in [0, 0.1) is 0 Å². The highest BCUT2D eigenvalue weighted by atomic mass is 79.9. The molecule has 2 rings (SSSR count). The predicted molar refractivity (Wildman–Crippen MR) is 84.9 cm³/mol. The van der Waals surface area contributed by atoms with Crippen molar-refractivity contribution in [3.8, 4) is 0 Å². The Labute approximate surface area is 132 Å².